The van der Waals surface area contributed by atoms with Gasteiger partial charge in [0.15, 0.2) is 11.6 Å². The molecule has 0 aliphatic rings. The minimum atomic E-state index is -0.896. The highest BCUT2D eigenvalue weighted by atomic mass is 19.2. The van der Waals surface area contributed by atoms with Gasteiger partial charge in [-0.3, -0.25) is 0 Å². The third-order valence-electron chi connectivity index (χ3n) is 2.74. The Hall–Kier alpha value is -2.57. The van der Waals surface area contributed by atoms with Crippen molar-refractivity contribution in [2.75, 3.05) is 0 Å². The summed E-state index contributed by atoms with van der Waals surface area (Å²) in [5, 5.41) is 3.81. The third-order valence-corrected chi connectivity index (χ3v) is 2.74. The molecule has 0 atom stereocenters. The summed E-state index contributed by atoms with van der Waals surface area (Å²) < 4.78 is 32.8. The van der Waals surface area contributed by atoms with E-state index in [-0.39, 0.29) is 6.42 Å². The van der Waals surface area contributed by atoms with Crippen molar-refractivity contribution in [3.05, 3.63) is 53.8 Å². The first-order valence-electron chi connectivity index (χ1n) is 5.86. The SMILES string of the molecule is Cn1cnc(-c2noc(Cc3ccc(F)c(F)c3)n2)c1. The Balaban J connectivity index is 1.82. The molecule has 0 radical (unpaired) electrons. The smallest absolute Gasteiger partial charge is 0.231 e. The monoisotopic (exact) mass is 276 g/mol. The standard InChI is InChI=1S/C13H10F2N4O/c1-19-6-11(16-7-19)13-17-12(20-18-13)5-8-2-3-9(14)10(15)4-8/h2-4,6-7H,5H2,1H3. The van der Waals surface area contributed by atoms with E-state index in [4.69, 9.17) is 4.52 Å². The molecule has 0 saturated carbocycles. The van der Waals surface area contributed by atoms with E-state index in [1.54, 1.807) is 17.1 Å². The molecular weight excluding hydrogens is 266 g/mol. The van der Waals surface area contributed by atoms with Crippen LogP contribution in [0.1, 0.15) is 11.5 Å². The van der Waals surface area contributed by atoms with Crippen LogP contribution in [0.2, 0.25) is 0 Å². The normalized spacial score (nSPS) is 10.9. The summed E-state index contributed by atoms with van der Waals surface area (Å²) in [6.07, 6.45) is 3.62. The molecule has 0 bridgehead atoms. The molecule has 0 saturated heterocycles. The molecule has 0 unspecified atom stereocenters. The van der Waals surface area contributed by atoms with Crippen LogP contribution in [0.5, 0.6) is 0 Å². The Kier molecular flexibility index (Phi) is 3.02. The zero-order chi connectivity index (χ0) is 14.1. The molecule has 102 valence electrons. The van der Waals surface area contributed by atoms with Crippen LogP contribution in [0.25, 0.3) is 11.5 Å². The van der Waals surface area contributed by atoms with Crippen molar-refractivity contribution in [1.29, 1.82) is 0 Å². The Morgan fingerprint density at radius 3 is 2.80 bits per heavy atom. The molecule has 3 aromatic rings. The van der Waals surface area contributed by atoms with Gasteiger partial charge in [0.25, 0.3) is 0 Å². The van der Waals surface area contributed by atoms with Crippen LogP contribution in [0, 0.1) is 11.6 Å². The first kappa shape index (κ1) is 12.5. The first-order valence-corrected chi connectivity index (χ1v) is 5.86. The second-order valence-electron chi connectivity index (χ2n) is 4.36. The van der Waals surface area contributed by atoms with Gasteiger partial charge in [-0.1, -0.05) is 11.2 Å². The maximum absolute atomic E-state index is 13.1. The van der Waals surface area contributed by atoms with Gasteiger partial charge in [-0.15, -0.1) is 0 Å². The second-order valence-corrected chi connectivity index (χ2v) is 4.36. The topological polar surface area (TPSA) is 56.7 Å². The van der Waals surface area contributed by atoms with Crippen molar-refractivity contribution < 1.29 is 13.3 Å². The molecule has 7 heteroatoms. The fourth-order valence-corrected chi connectivity index (χ4v) is 1.78. The summed E-state index contributed by atoms with van der Waals surface area (Å²) >= 11 is 0. The number of aryl methyl sites for hydroxylation is 1. The molecule has 0 aliphatic carbocycles. The molecule has 0 N–H and O–H groups in total. The molecule has 0 aliphatic heterocycles. The lowest BCUT2D eigenvalue weighted by Crippen LogP contribution is -1.92. The van der Waals surface area contributed by atoms with Crippen LogP contribution >= 0.6 is 0 Å². The summed E-state index contributed by atoms with van der Waals surface area (Å²) in [4.78, 5) is 8.27. The van der Waals surface area contributed by atoms with E-state index in [1.807, 2.05) is 7.05 Å². The van der Waals surface area contributed by atoms with Gasteiger partial charge >= 0.3 is 0 Å². The zero-order valence-corrected chi connectivity index (χ0v) is 10.5. The van der Waals surface area contributed by atoms with Crippen molar-refractivity contribution in [1.82, 2.24) is 19.7 Å². The van der Waals surface area contributed by atoms with Gasteiger partial charge in [-0.2, -0.15) is 4.98 Å². The molecule has 0 spiro atoms. The average Bonchev–Trinajstić information content (AvgIpc) is 3.03. The summed E-state index contributed by atoms with van der Waals surface area (Å²) in [6, 6.07) is 3.66. The van der Waals surface area contributed by atoms with Gasteiger partial charge in [0.1, 0.15) is 5.69 Å². The molecule has 2 heterocycles. The highest BCUT2D eigenvalue weighted by Crippen LogP contribution is 2.16. The molecule has 1 aromatic carbocycles. The minimum absolute atomic E-state index is 0.233. The quantitative estimate of drug-likeness (QED) is 0.736. The zero-order valence-electron chi connectivity index (χ0n) is 10.5. The highest BCUT2D eigenvalue weighted by molar-refractivity contribution is 5.46. The predicted octanol–water partition coefficient (Wildman–Crippen LogP) is 2.34. The van der Waals surface area contributed by atoms with E-state index in [9.17, 15) is 8.78 Å². The maximum atomic E-state index is 13.1. The van der Waals surface area contributed by atoms with Gasteiger partial charge in [0.2, 0.25) is 11.7 Å². The molecule has 20 heavy (non-hydrogen) atoms. The fraction of sp³-hybridized carbons (Fsp3) is 0.154. The van der Waals surface area contributed by atoms with Crippen LogP contribution in [0.15, 0.2) is 35.2 Å². The van der Waals surface area contributed by atoms with Gasteiger partial charge in [-0.05, 0) is 17.7 Å². The molecule has 3 rings (SSSR count). The van der Waals surface area contributed by atoms with Crippen molar-refractivity contribution in [2.24, 2.45) is 7.05 Å². The molecule has 0 amide bonds. The lowest BCUT2D eigenvalue weighted by Gasteiger charge is -1.97. The van der Waals surface area contributed by atoms with E-state index < -0.39 is 11.6 Å². The third kappa shape index (κ3) is 2.42. The average molecular weight is 276 g/mol. The number of hydrogen-bond acceptors (Lipinski definition) is 4. The minimum Gasteiger partial charge on any atom is -0.340 e. The van der Waals surface area contributed by atoms with E-state index in [0.717, 1.165) is 12.1 Å². The van der Waals surface area contributed by atoms with Crippen LogP contribution in [-0.2, 0) is 13.5 Å². The summed E-state index contributed by atoms with van der Waals surface area (Å²) in [5.41, 5.74) is 1.15. The number of halogens is 2. The molecule has 0 fully saturated rings. The maximum Gasteiger partial charge on any atom is 0.231 e. The van der Waals surface area contributed by atoms with E-state index >= 15 is 0 Å². The number of nitrogens with zero attached hydrogens (tertiary/aromatic N) is 4. The number of hydrogen-bond donors (Lipinski definition) is 0. The fourth-order valence-electron chi connectivity index (χ4n) is 1.78. The Morgan fingerprint density at radius 1 is 1.25 bits per heavy atom. The number of aromatic nitrogens is 4. The second kappa shape index (κ2) is 4.84. The van der Waals surface area contributed by atoms with Gasteiger partial charge in [0, 0.05) is 13.2 Å². The van der Waals surface area contributed by atoms with E-state index in [1.165, 1.54) is 6.07 Å². The number of imidazole rings is 1. The number of benzene rings is 1. The summed E-state index contributed by atoms with van der Waals surface area (Å²) in [5.74, 6) is -1.10. The van der Waals surface area contributed by atoms with E-state index in [2.05, 4.69) is 15.1 Å². The Morgan fingerprint density at radius 2 is 2.10 bits per heavy atom. The van der Waals surface area contributed by atoms with Crippen molar-refractivity contribution in [3.63, 3.8) is 0 Å². The van der Waals surface area contributed by atoms with Crippen molar-refractivity contribution in [2.45, 2.75) is 6.42 Å². The largest absolute Gasteiger partial charge is 0.340 e. The van der Waals surface area contributed by atoms with Crippen molar-refractivity contribution in [3.8, 4) is 11.5 Å². The predicted molar refractivity (Wildman–Crippen MR) is 65.7 cm³/mol. The number of rotatable bonds is 3. The Bertz CT molecular complexity index is 750. The highest BCUT2D eigenvalue weighted by Gasteiger charge is 2.12. The lowest BCUT2D eigenvalue weighted by molar-refractivity contribution is 0.385. The summed E-state index contributed by atoms with van der Waals surface area (Å²) in [6.45, 7) is 0. The lowest BCUT2D eigenvalue weighted by atomic mass is 10.1. The van der Waals surface area contributed by atoms with Crippen molar-refractivity contribution >= 4 is 0 Å². The van der Waals surface area contributed by atoms with Crippen LogP contribution in [0.4, 0.5) is 8.78 Å². The van der Waals surface area contributed by atoms with Gasteiger partial charge < -0.3 is 9.09 Å². The van der Waals surface area contributed by atoms with E-state index in [0.29, 0.717) is 23.0 Å². The first-order chi connectivity index (χ1) is 9.61. The Labute approximate surface area is 112 Å². The molecule has 2 aromatic heterocycles. The van der Waals surface area contributed by atoms with Gasteiger partial charge in [-0.25, -0.2) is 13.8 Å². The van der Waals surface area contributed by atoms with Crippen LogP contribution < -0.4 is 0 Å². The van der Waals surface area contributed by atoms with Crippen LogP contribution in [-0.4, -0.2) is 19.7 Å². The molecular formula is C13H10F2N4O. The van der Waals surface area contributed by atoms with Gasteiger partial charge in [0.05, 0.1) is 12.7 Å². The van der Waals surface area contributed by atoms with Crippen LogP contribution in [0.3, 0.4) is 0 Å². The summed E-state index contributed by atoms with van der Waals surface area (Å²) in [7, 11) is 1.83. The molecule has 5 nitrogen and oxygen atoms in total.